The summed E-state index contributed by atoms with van der Waals surface area (Å²) < 4.78 is 12.6. The number of fused-ring (bicyclic) bond motifs is 10. The summed E-state index contributed by atoms with van der Waals surface area (Å²) in [4.78, 5) is 15.3. The van der Waals surface area contributed by atoms with Gasteiger partial charge in [0.15, 0.2) is 17.5 Å². The third kappa shape index (κ3) is 3.26. The summed E-state index contributed by atoms with van der Waals surface area (Å²) in [6.07, 6.45) is 0. The van der Waals surface area contributed by atoms with Crippen molar-refractivity contribution in [1.82, 2.24) is 15.0 Å². The Bertz CT molecular complexity index is 2630. The number of para-hydroxylation sites is 3. The normalized spacial score (nSPS) is 12.1. The van der Waals surface area contributed by atoms with E-state index in [1.807, 2.05) is 60.7 Å². The SMILES string of the molecule is c1ccc2c(c1)-c1ccc(-c3nc(-c4cccc5c4oc4ccccc45)nc(-c4cccc5oc6ccccc6c45)n3)cc1-2. The smallest absolute Gasteiger partial charge is 0.167 e. The monoisotopic (exact) mass is 563 g/mol. The van der Waals surface area contributed by atoms with Crippen molar-refractivity contribution in [1.29, 1.82) is 0 Å². The maximum absolute atomic E-state index is 6.41. The fourth-order valence-electron chi connectivity index (χ4n) is 6.66. The molecule has 0 unspecified atom stereocenters. The van der Waals surface area contributed by atoms with Crippen LogP contribution in [0.1, 0.15) is 0 Å². The van der Waals surface area contributed by atoms with Crippen LogP contribution in [0.4, 0.5) is 0 Å². The van der Waals surface area contributed by atoms with Crippen LogP contribution in [-0.2, 0) is 0 Å². The van der Waals surface area contributed by atoms with Crippen molar-refractivity contribution in [3.8, 4) is 56.4 Å². The van der Waals surface area contributed by atoms with E-state index in [2.05, 4.69) is 66.7 Å². The van der Waals surface area contributed by atoms with E-state index in [9.17, 15) is 0 Å². The first-order valence-corrected chi connectivity index (χ1v) is 14.6. The van der Waals surface area contributed by atoms with E-state index in [4.69, 9.17) is 23.8 Å². The fraction of sp³-hybridized carbons (Fsp3) is 0. The molecule has 5 nitrogen and oxygen atoms in total. The van der Waals surface area contributed by atoms with Crippen LogP contribution in [0.15, 0.2) is 136 Å². The van der Waals surface area contributed by atoms with Crippen LogP contribution in [0.3, 0.4) is 0 Å². The molecule has 0 spiro atoms. The molecule has 5 heteroatoms. The third-order valence-corrected chi connectivity index (χ3v) is 8.71. The Kier molecular flexibility index (Phi) is 4.66. The molecule has 1 aliphatic carbocycles. The molecule has 0 amide bonds. The van der Waals surface area contributed by atoms with Crippen molar-refractivity contribution in [2.75, 3.05) is 0 Å². The summed E-state index contributed by atoms with van der Waals surface area (Å²) in [5.74, 6) is 1.75. The highest BCUT2D eigenvalue weighted by Gasteiger charge is 2.24. The quantitative estimate of drug-likeness (QED) is 0.214. The molecule has 0 saturated heterocycles. The lowest BCUT2D eigenvalue weighted by atomic mass is 9.80. The lowest BCUT2D eigenvalue weighted by Crippen LogP contribution is -2.02. The van der Waals surface area contributed by atoms with Crippen LogP contribution in [0, 0.1) is 0 Å². The summed E-state index contributed by atoms with van der Waals surface area (Å²) in [5, 5.41) is 4.11. The van der Waals surface area contributed by atoms with Gasteiger partial charge in [-0.2, -0.15) is 0 Å². The zero-order chi connectivity index (χ0) is 28.8. The van der Waals surface area contributed by atoms with Crippen molar-refractivity contribution < 1.29 is 8.83 Å². The second kappa shape index (κ2) is 8.72. The maximum Gasteiger partial charge on any atom is 0.167 e. The van der Waals surface area contributed by atoms with Crippen LogP contribution in [-0.4, -0.2) is 15.0 Å². The molecule has 3 aromatic heterocycles. The Balaban J connectivity index is 1.25. The Morgan fingerprint density at radius 2 is 0.932 bits per heavy atom. The molecule has 0 aliphatic heterocycles. The van der Waals surface area contributed by atoms with E-state index >= 15 is 0 Å². The number of rotatable bonds is 3. The number of benzene rings is 6. The topological polar surface area (TPSA) is 65.0 Å². The number of aromatic nitrogens is 3. The van der Waals surface area contributed by atoms with Crippen LogP contribution in [0.2, 0.25) is 0 Å². The predicted octanol–water partition coefficient (Wildman–Crippen LogP) is 10.3. The largest absolute Gasteiger partial charge is 0.456 e. The minimum atomic E-state index is 0.558. The fourth-order valence-corrected chi connectivity index (χ4v) is 6.66. The molecule has 0 bridgehead atoms. The summed E-state index contributed by atoms with van der Waals surface area (Å²) in [6.45, 7) is 0. The van der Waals surface area contributed by atoms with E-state index in [0.29, 0.717) is 17.5 Å². The van der Waals surface area contributed by atoms with Crippen molar-refractivity contribution in [3.05, 3.63) is 127 Å². The summed E-state index contributed by atoms with van der Waals surface area (Å²) in [6, 6.07) is 43.3. The van der Waals surface area contributed by atoms with Crippen LogP contribution >= 0.6 is 0 Å². The van der Waals surface area contributed by atoms with Gasteiger partial charge in [-0.05, 0) is 52.6 Å². The Morgan fingerprint density at radius 3 is 1.80 bits per heavy atom. The summed E-state index contributed by atoms with van der Waals surface area (Å²) >= 11 is 0. The maximum atomic E-state index is 6.41. The second-order valence-electron chi connectivity index (χ2n) is 11.2. The molecule has 0 radical (unpaired) electrons. The molecule has 0 fully saturated rings. The molecule has 6 aromatic carbocycles. The number of furan rings is 2. The highest BCUT2D eigenvalue weighted by atomic mass is 16.3. The summed E-state index contributed by atoms with van der Waals surface area (Å²) in [7, 11) is 0. The molecular formula is C39H21N3O2. The van der Waals surface area contributed by atoms with E-state index in [-0.39, 0.29) is 0 Å². The van der Waals surface area contributed by atoms with E-state index < -0.39 is 0 Å². The van der Waals surface area contributed by atoms with Gasteiger partial charge >= 0.3 is 0 Å². The van der Waals surface area contributed by atoms with Gasteiger partial charge in [0.2, 0.25) is 0 Å². The van der Waals surface area contributed by atoms with Crippen molar-refractivity contribution in [3.63, 3.8) is 0 Å². The van der Waals surface area contributed by atoms with Gasteiger partial charge in [0.05, 0.1) is 5.56 Å². The third-order valence-electron chi connectivity index (χ3n) is 8.71. The van der Waals surface area contributed by atoms with Crippen LogP contribution < -0.4 is 0 Å². The molecule has 0 saturated carbocycles. The number of hydrogen-bond acceptors (Lipinski definition) is 5. The van der Waals surface area contributed by atoms with Crippen molar-refractivity contribution in [2.24, 2.45) is 0 Å². The molecule has 10 rings (SSSR count). The highest BCUT2D eigenvalue weighted by Crippen LogP contribution is 2.48. The molecule has 3 heterocycles. The molecule has 1 aliphatic rings. The Hall–Kier alpha value is -6.07. The molecule has 204 valence electrons. The Morgan fingerprint density at radius 1 is 0.364 bits per heavy atom. The van der Waals surface area contributed by atoms with Gasteiger partial charge in [-0.25, -0.2) is 15.0 Å². The lowest BCUT2D eigenvalue weighted by Gasteiger charge is -2.24. The number of hydrogen-bond donors (Lipinski definition) is 0. The molecule has 44 heavy (non-hydrogen) atoms. The number of nitrogens with zero attached hydrogens (tertiary/aromatic N) is 3. The van der Waals surface area contributed by atoms with Gasteiger partial charge in [0, 0.05) is 32.7 Å². The average Bonchev–Trinajstić information content (AvgIpc) is 3.65. The van der Waals surface area contributed by atoms with E-state index in [1.165, 1.54) is 22.3 Å². The zero-order valence-corrected chi connectivity index (χ0v) is 23.3. The van der Waals surface area contributed by atoms with Crippen molar-refractivity contribution in [2.45, 2.75) is 0 Å². The standard InChI is InChI=1S/C39H21N3O2/c1-2-10-24-23(9-1)25-20-19-22(21-31(24)25)37-40-38(29-14-8-18-34-35(29)28-12-4-6-17-33(28)43-34)42-39(41-37)30-15-7-13-27-26-11-3-5-16-32(26)44-36(27)30/h1-21H. The van der Waals surface area contributed by atoms with Crippen molar-refractivity contribution >= 4 is 43.9 Å². The zero-order valence-electron chi connectivity index (χ0n) is 23.3. The lowest BCUT2D eigenvalue weighted by molar-refractivity contribution is 0.668. The van der Waals surface area contributed by atoms with E-state index in [1.54, 1.807) is 0 Å². The first-order chi connectivity index (χ1) is 21.8. The summed E-state index contributed by atoms with van der Waals surface area (Å²) in [5.41, 5.74) is 10.9. The molecular weight excluding hydrogens is 542 g/mol. The van der Waals surface area contributed by atoms with Gasteiger partial charge in [-0.1, -0.05) is 97.1 Å². The van der Waals surface area contributed by atoms with Gasteiger partial charge in [-0.3, -0.25) is 0 Å². The molecule has 9 aromatic rings. The first kappa shape index (κ1) is 23.5. The van der Waals surface area contributed by atoms with Gasteiger partial charge < -0.3 is 8.83 Å². The minimum absolute atomic E-state index is 0.558. The highest BCUT2D eigenvalue weighted by molar-refractivity contribution is 6.12. The minimum Gasteiger partial charge on any atom is -0.456 e. The van der Waals surface area contributed by atoms with Gasteiger partial charge in [0.1, 0.15) is 22.3 Å². The second-order valence-corrected chi connectivity index (χ2v) is 11.2. The molecule has 0 N–H and O–H groups in total. The predicted molar refractivity (Wildman–Crippen MR) is 175 cm³/mol. The first-order valence-electron chi connectivity index (χ1n) is 14.6. The average molecular weight is 564 g/mol. The van der Waals surface area contributed by atoms with E-state index in [0.717, 1.165) is 60.6 Å². The van der Waals surface area contributed by atoms with Gasteiger partial charge in [-0.15, -0.1) is 0 Å². The van der Waals surface area contributed by atoms with Crippen LogP contribution in [0.25, 0.3) is 100 Å². The van der Waals surface area contributed by atoms with Crippen LogP contribution in [0.5, 0.6) is 0 Å². The molecule has 0 atom stereocenters. The van der Waals surface area contributed by atoms with Gasteiger partial charge in [0.25, 0.3) is 0 Å². The Labute approximate surface area is 251 Å².